The number of rotatable bonds is 5. The van der Waals surface area contributed by atoms with Crippen molar-refractivity contribution in [1.29, 1.82) is 0 Å². The summed E-state index contributed by atoms with van der Waals surface area (Å²) in [5, 5.41) is 12.8. The van der Waals surface area contributed by atoms with E-state index in [1.807, 2.05) is 37.3 Å². The van der Waals surface area contributed by atoms with Crippen molar-refractivity contribution >= 4 is 5.82 Å². The maximum Gasteiger partial charge on any atom is 0.226 e. The fraction of sp³-hybridized carbons (Fsp3) is 0.480. The van der Waals surface area contributed by atoms with Gasteiger partial charge >= 0.3 is 0 Å². The number of nitrogens with one attached hydrogen (secondary N) is 1. The van der Waals surface area contributed by atoms with Crippen molar-refractivity contribution in [1.82, 2.24) is 20.5 Å². The van der Waals surface area contributed by atoms with Crippen LogP contribution in [0.3, 0.4) is 0 Å². The van der Waals surface area contributed by atoms with Crippen LogP contribution in [0.5, 0.6) is 5.75 Å². The van der Waals surface area contributed by atoms with Gasteiger partial charge in [-0.2, -0.15) is 0 Å². The van der Waals surface area contributed by atoms with E-state index in [-0.39, 0.29) is 11.1 Å². The van der Waals surface area contributed by atoms with Gasteiger partial charge in [0.1, 0.15) is 11.5 Å². The number of piperidine rings is 1. The summed E-state index contributed by atoms with van der Waals surface area (Å²) in [6.45, 7) is 10.9. The van der Waals surface area contributed by atoms with Gasteiger partial charge in [-0.1, -0.05) is 0 Å². The molecule has 1 N–H and O–H groups in total. The van der Waals surface area contributed by atoms with Crippen molar-refractivity contribution in [3.63, 3.8) is 0 Å². The van der Waals surface area contributed by atoms with Gasteiger partial charge in [0.05, 0.1) is 19.0 Å². The van der Waals surface area contributed by atoms with Gasteiger partial charge < -0.3 is 19.4 Å². The number of aromatic nitrogens is 3. The molecule has 0 aliphatic carbocycles. The summed E-state index contributed by atoms with van der Waals surface area (Å²) in [6, 6.07) is 10.3. The van der Waals surface area contributed by atoms with Gasteiger partial charge in [-0.15, -0.1) is 10.2 Å². The number of oxazole rings is 1. The van der Waals surface area contributed by atoms with Crippen LogP contribution in [0.1, 0.15) is 46.3 Å². The molecule has 1 aliphatic rings. The van der Waals surface area contributed by atoms with Crippen LogP contribution in [0.15, 0.2) is 40.9 Å². The highest BCUT2D eigenvalue weighted by molar-refractivity contribution is 5.72. The average Bonchev–Trinajstić information content (AvgIpc) is 3.17. The van der Waals surface area contributed by atoms with E-state index >= 15 is 0 Å². The number of hydrogen-bond acceptors (Lipinski definition) is 7. The Hall–Kier alpha value is -2.93. The summed E-state index contributed by atoms with van der Waals surface area (Å²) >= 11 is 0. The SMILES string of the molecule is COc1cc(-c2ncc(C)o2)ccc1-c1ccc(N(C)C2CC(C)(C)NC(C)(C)C2)nn1. The Morgan fingerprint density at radius 2 is 1.78 bits per heavy atom. The number of anilines is 1. The van der Waals surface area contributed by atoms with Crippen LogP contribution in [0.25, 0.3) is 22.7 Å². The first kappa shape index (κ1) is 22.3. The lowest BCUT2D eigenvalue weighted by Crippen LogP contribution is -2.62. The van der Waals surface area contributed by atoms with Crippen molar-refractivity contribution in [3.8, 4) is 28.5 Å². The highest BCUT2D eigenvalue weighted by atomic mass is 16.5. The first-order chi connectivity index (χ1) is 15.1. The van der Waals surface area contributed by atoms with E-state index < -0.39 is 0 Å². The lowest BCUT2D eigenvalue weighted by atomic mass is 9.79. The number of benzene rings is 1. The summed E-state index contributed by atoms with van der Waals surface area (Å²) in [5.41, 5.74) is 2.65. The molecule has 1 fully saturated rings. The molecule has 3 heterocycles. The summed E-state index contributed by atoms with van der Waals surface area (Å²) in [7, 11) is 3.76. The Morgan fingerprint density at radius 1 is 1.06 bits per heavy atom. The smallest absolute Gasteiger partial charge is 0.226 e. The molecule has 4 rings (SSSR count). The fourth-order valence-electron chi connectivity index (χ4n) is 4.91. The molecule has 0 saturated carbocycles. The maximum atomic E-state index is 5.64. The lowest BCUT2D eigenvalue weighted by Gasteiger charge is -2.49. The number of methoxy groups -OCH3 is 1. The van der Waals surface area contributed by atoms with Crippen LogP contribution in [-0.2, 0) is 0 Å². The molecule has 0 unspecified atom stereocenters. The zero-order valence-corrected chi connectivity index (χ0v) is 20.1. The van der Waals surface area contributed by atoms with Crippen LogP contribution in [0.4, 0.5) is 5.82 Å². The predicted octanol–water partition coefficient (Wildman–Crippen LogP) is 4.86. The van der Waals surface area contributed by atoms with Crippen molar-refractivity contribution in [2.75, 3.05) is 19.1 Å². The molecule has 1 aromatic carbocycles. The van der Waals surface area contributed by atoms with Crippen LogP contribution in [-0.4, -0.2) is 46.5 Å². The third-order valence-corrected chi connectivity index (χ3v) is 6.07. The van der Waals surface area contributed by atoms with Gasteiger partial charge in [0, 0.05) is 35.3 Å². The number of aryl methyl sites for hydroxylation is 1. The Balaban J connectivity index is 1.57. The quantitative estimate of drug-likeness (QED) is 0.613. The molecule has 1 saturated heterocycles. The van der Waals surface area contributed by atoms with E-state index in [4.69, 9.17) is 9.15 Å². The third kappa shape index (κ3) is 4.63. The summed E-state index contributed by atoms with van der Waals surface area (Å²) in [5.74, 6) is 2.92. The van der Waals surface area contributed by atoms with E-state index in [1.54, 1.807) is 13.3 Å². The Morgan fingerprint density at radius 3 is 2.34 bits per heavy atom. The predicted molar refractivity (Wildman–Crippen MR) is 127 cm³/mol. The molecule has 170 valence electrons. The largest absolute Gasteiger partial charge is 0.496 e. The zero-order chi connectivity index (χ0) is 23.1. The van der Waals surface area contributed by atoms with Gasteiger partial charge in [-0.05, 0) is 77.8 Å². The molecular formula is C25H33N5O2. The molecule has 0 spiro atoms. The lowest BCUT2D eigenvalue weighted by molar-refractivity contribution is 0.160. The molecular weight excluding hydrogens is 402 g/mol. The number of hydrogen-bond donors (Lipinski definition) is 1. The van der Waals surface area contributed by atoms with Crippen molar-refractivity contribution in [2.45, 2.75) is 64.6 Å². The van der Waals surface area contributed by atoms with E-state index in [2.05, 4.69) is 60.1 Å². The van der Waals surface area contributed by atoms with Crippen LogP contribution >= 0.6 is 0 Å². The van der Waals surface area contributed by atoms with Gasteiger partial charge in [0.25, 0.3) is 0 Å². The summed E-state index contributed by atoms with van der Waals surface area (Å²) < 4.78 is 11.3. The molecule has 0 atom stereocenters. The minimum Gasteiger partial charge on any atom is -0.496 e. The second-order valence-electron chi connectivity index (χ2n) is 10.0. The second-order valence-corrected chi connectivity index (χ2v) is 10.0. The molecule has 7 heteroatoms. The van der Waals surface area contributed by atoms with Crippen molar-refractivity contribution in [2.24, 2.45) is 0 Å². The topological polar surface area (TPSA) is 76.3 Å². The van der Waals surface area contributed by atoms with Crippen LogP contribution in [0, 0.1) is 6.92 Å². The third-order valence-electron chi connectivity index (χ3n) is 6.07. The normalized spacial score (nSPS) is 17.8. The van der Waals surface area contributed by atoms with Gasteiger partial charge in [0.2, 0.25) is 5.89 Å². The fourth-order valence-corrected chi connectivity index (χ4v) is 4.91. The van der Waals surface area contributed by atoms with E-state index in [9.17, 15) is 0 Å². The van der Waals surface area contributed by atoms with Gasteiger partial charge in [-0.3, -0.25) is 0 Å². The minimum atomic E-state index is 0.0740. The highest BCUT2D eigenvalue weighted by Crippen LogP contribution is 2.35. The number of nitrogens with zero attached hydrogens (tertiary/aromatic N) is 4. The van der Waals surface area contributed by atoms with E-state index in [1.165, 1.54) is 0 Å². The average molecular weight is 436 g/mol. The van der Waals surface area contributed by atoms with Crippen molar-refractivity contribution in [3.05, 3.63) is 42.3 Å². The zero-order valence-electron chi connectivity index (χ0n) is 20.1. The maximum absolute atomic E-state index is 5.64. The molecule has 3 aromatic rings. The molecule has 0 amide bonds. The van der Waals surface area contributed by atoms with Crippen molar-refractivity contribution < 1.29 is 9.15 Å². The standard InChI is InChI=1S/C25H33N5O2/c1-16-15-26-23(32-16)17-8-9-19(21(12-17)31-7)20-10-11-22(28-27-20)30(6)18-13-24(2,3)29-25(4,5)14-18/h8-12,15,18,29H,13-14H2,1-7H3. The first-order valence-corrected chi connectivity index (χ1v) is 11.0. The molecule has 0 radical (unpaired) electrons. The van der Waals surface area contributed by atoms with E-state index in [0.717, 1.165) is 41.2 Å². The van der Waals surface area contributed by atoms with Gasteiger partial charge in [-0.25, -0.2) is 4.98 Å². The van der Waals surface area contributed by atoms with Crippen LogP contribution in [0.2, 0.25) is 0 Å². The van der Waals surface area contributed by atoms with E-state index in [0.29, 0.717) is 17.7 Å². The molecule has 2 aromatic heterocycles. The van der Waals surface area contributed by atoms with Gasteiger partial charge in [0.15, 0.2) is 5.82 Å². The Labute approximate surface area is 190 Å². The monoisotopic (exact) mass is 435 g/mol. The molecule has 7 nitrogen and oxygen atoms in total. The molecule has 32 heavy (non-hydrogen) atoms. The summed E-state index contributed by atoms with van der Waals surface area (Å²) in [6.07, 6.45) is 3.80. The summed E-state index contributed by atoms with van der Waals surface area (Å²) in [4.78, 5) is 6.56. The highest BCUT2D eigenvalue weighted by Gasteiger charge is 2.39. The number of ether oxygens (including phenoxy) is 1. The van der Waals surface area contributed by atoms with Crippen LogP contribution < -0.4 is 15.0 Å². The molecule has 0 bridgehead atoms. The molecule has 1 aliphatic heterocycles. The minimum absolute atomic E-state index is 0.0740. The second kappa shape index (κ2) is 8.20. The first-order valence-electron chi connectivity index (χ1n) is 11.0. The Kier molecular flexibility index (Phi) is 5.71. The Bertz CT molecular complexity index is 1070.